The highest BCUT2D eigenvalue weighted by atomic mass is 16.5. The summed E-state index contributed by atoms with van der Waals surface area (Å²) in [5.41, 5.74) is 9.03. The van der Waals surface area contributed by atoms with E-state index in [0.717, 1.165) is 42.2 Å². The van der Waals surface area contributed by atoms with Crippen molar-refractivity contribution in [2.45, 2.75) is 32.3 Å². The SMILES string of the molecule is Nc1nc(COC(=O)c2cc3c(cc2O)CCCC3)nc2ccccc12. The number of carbonyl (C=O) groups is 1. The minimum absolute atomic E-state index is 0.0467. The number of aromatic hydroxyl groups is 1. The Morgan fingerprint density at radius 3 is 2.65 bits per heavy atom. The molecule has 1 heterocycles. The summed E-state index contributed by atoms with van der Waals surface area (Å²) in [4.78, 5) is 21.0. The number of phenols is 1. The zero-order chi connectivity index (χ0) is 18.1. The molecule has 1 aliphatic rings. The highest BCUT2D eigenvalue weighted by Crippen LogP contribution is 2.29. The third kappa shape index (κ3) is 3.06. The van der Waals surface area contributed by atoms with Crippen molar-refractivity contribution in [3.8, 4) is 5.75 Å². The van der Waals surface area contributed by atoms with Crippen LogP contribution < -0.4 is 5.73 Å². The molecule has 4 rings (SSSR count). The average molecular weight is 349 g/mol. The molecule has 26 heavy (non-hydrogen) atoms. The number of para-hydroxylation sites is 1. The largest absolute Gasteiger partial charge is 0.507 e. The average Bonchev–Trinajstić information content (AvgIpc) is 2.65. The molecule has 0 fully saturated rings. The van der Waals surface area contributed by atoms with Crippen LogP contribution in [-0.4, -0.2) is 21.0 Å². The number of benzene rings is 2. The molecule has 0 saturated heterocycles. The summed E-state index contributed by atoms with van der Waals surface area (Å²) in [6, 6.07) is 10.8. The zero-order valence-electron chi connectivity index (χ0n) is 14.2. The molecule has 0 radical (unpaired) electrons. The van der Waals surface area contributed by atoms with Crippen molar-refractivity contribution in [3.63, 3.8) is 0 Å². The van der Waals surface area contributed by atoms with Gasteiger partial charge in [0, 0.05) is 5.39 Å². The Morgan fingerprint density at radius 1 is 1.12 bits per heavy atom. The molecule has 0 spiro atoms. The maximum absolute atomic E-state index is 12.4. The van der Waals surface area contributed by atoms with E-state index >= 15 is 0 Å². The van der Waals surface area contributed by atoms with Gasteiger partial charge in [0.25, 0.3) is 0 Å². The third-order valence-electron chi connectivity index (χ3n) is 4.69. The van der Waals surface area contributed by atoms with Gasteiger partial charge in [-0.3, -0.25) is 0 Å². The van der Waals surface area contributed by atoms with E-state index in [-0.39, 0.29) is 17.9 Å². The fourth-order valence-electron chi connectivity index (χ4n) is 3.36. The third-order valence-corrected chi connectivity index (χ3v) is 4.69. The number of nitrogens with zero attached hydrogens (tertiary/aromatic N) is 2. The minimum Gasteiger partial charge on any atom is -0.507 e. The Morgan fingerprint density at radius 2 is 1.85 bits per heavy atom. The summed E-state index contributed by atoms with van der Waals surface area (Å²) < 4.78 is 5.31. The summed E-state index contributed by atoms with van der Waals surface area (Å²) in [7, 11) is 0. The number of fused-ring (bicyclic) bond motifs is 2. The first-order valence-electron chi connectivity index (χ1n) is 8.65. The Balaban J connectivity index is 1.54. The fraction of sp³-hybridized carbons (Fsp3) is 0.250. The second-order valence-corrected chi connectivity index (χ2v) is 6.46. The molecule has 0 aliphatic heterocycles. The van der Waals surface area contributed by atoms with Gasteiger partial charge in [-0.25, -0.2) is 14.8 Å². The predicted octanol–water partition coefficient (Wildman–Crippen LogP) is 3.15. The van der Waals surface area contributed by atoms with Crippen molar-refractivity contribution < 1.29 is 14.6 Å². The fourth-order valence-corrected chi connectivity index (χ4v) is 3.36. The van der Waals surface area contributed by atoms with E-state index in [4.69, 9.17) is 10.5 Å². The Labute approximate surface area is 150 Å². The summed E-state index contributed by atoms with van der Waals surface area (Å²) in [6.07, 6.45) is 4.05. The second-order valence-electron chi connectivity index (χ2n) is 6.46. The van der Waals surface area contributed by atoms with Gasteiger partial charge in [0.2, 0.25) is 0 Å². The van der Waals surface area contributed by atoms with E-state index in [1.807, 2.05) is 24.3 Å². The first-order chi connectivity index (χ1) is 12.6. The molecule has 132 valence electrons. The Bertz CT molecular complexity index is 1000. The van der Waals surface area contributed by atoms with Crippen LogP contribution in [0, 0.1) is 0 Å². The van der Waals surface area contributed by atoms with Crippen molar-refractivity contribution in [2.24, 2.45) is 0 Å². The van der Waals surface area contributed by atoms with Crippen LogP contribution in [-0.2, 0) is 24.2 Å². The lowest BCUT2D eigenvalue weighted by molar-refractivity contribution is 0.0459. The van der Waals surface area contributed by atoms with Crippen LogP contribution in [0.3, 0.4) is 0 Å². The molecule has 3 N–H and O–H groups in total. The van der Waals surface area contributed by atoms with Crippen molar-refractivity contribution in [1.82, 2.24) is 9.97 Å². The molecule has 0 unspecified atom stereocenters. The summed E-state index contributed by atoms with van der Waals surface area (Å²) in [6.45, 7) is -0.107. The Hall–Kier alpha value is -3.15. The van der Waals surface area contributed by atoms with Crippen molar-refractivity contribution in [3.05, 3.63) is 58.9 Å². The summed E-state index contributed by atoms with van der Waals surface area (Å²) in [5, 5.41) is 10.9. The number of ether oxygens (including phenoxy) is 1. The summed E-state index contributed by atoms with van der Waals surface area (Å²) in [5.74, 6) is 0.0334. The molecular weight excluding hydrogens is 330 g/mol. The molecular formula is C20H19N3O3. The highest BCUT2D eigenvalue weighted by Gasteiger charge is 2.19. The van der Waals surface area contributed by atoms with Crippen molar-refractivity contribution in [1.29, 1.82) is 0 Å². The maximum atomic E-state index is 12.4. The molecule has 0 saturated carbocycles. The van der Waals surface area contributed by atoms with Gasteiger partial charge in [-0.2, -0.15) is 0 Å². The molecule has 1 aliphatic carbocycles. The van der Waals surface area contributed by atoms with Gasteiger partial charge in [-0.1, -0.05) is 12.1 Å². The number of hydrogen-bond donors (Lipinski definition) is 2. The minimum atomic E-state index is -0.591. The van der Waals surface area contributed by atoms with Crippen LogP contribution in [0.4, 0.5) is 5.82 Å². The van der Waals surface area contributed by atoms with Gasteiger partial charge < -0.3 is 15.6 Å². The van der Waals surface area contributed by atoms with Crippen molar-refractivity contribution in [2.75, 3.05) is 5.73 Å². The number of aromatic nitrogens is 2. The maximum Gasteiger partial charge on any atom is 0.342 e. The number of carbonyl (C=O) groups excluding carboxylic acids is 1. The van der Waals surface area contributed by atoms with Crippen LogP contribution in [0.15, 0.2) is 36.4 Å². The lowest BCUT2D eigenvalue weighted by atomic mass is 9.90. The summed E-state index contributed by atoms with van der Waals surface area (Å²) >= 11 is 0. The highest BCUT2D eigenvalue weighted by molar-refractivity contribution is 5.93. The second kappa shape index (κ2) is 6.63. The van der Waals surface area contributed by atoms with Crippen LogP contribution in [0.2, 0.25) is 0 Å². The monoisotopic (exact) mass is 349 g/mol. The molecule has 3 aromatic rings. The van der Waals surface area contributed by atoms with Crippen LogP contribution in [0.5, 0.6) is 5.75 Å². The lowest BCUT2D eigenvalue weighted by Crippen LogP contribution is -2.11. The van der Waals surface area contributed by atoms with Crippen LogP contribution >= 0.6 is 0 Å². The Kier molecular flexibility index (Phi) is 4.16. The van der Waals surface area contributed by atoms with E-state index in [2.05, 4.69) is 9.97 Å². The van der Waals surface area contributed by atoms with Gasteiger partial charge in [0.05, 0.1) is 5.52 Å². The van der Waals surface area contributed by atoms with Crippen molar-refractivity contribution >= 4 is 22.7 Å². The van der Waals surface area contributed by atoms with E-state index in [1.54, 1.807) is 12.1 Å². The van der Waals surface area contributed by atoms with E-state index in [0.29, 0.717) is 17.2 Å². The number of esters is 1. The lowest BCUT2D eigenvalue weighted by Gasteiger charge is -2.17. The number of anilines is 1. The van der Waals surface area contributed by atoms with E-state index < -0.39 is 5.97 Å². The first-order valence-corrected chi connectivity index (χ1v) is 8.65. The molecule has 0 amide bonds. The first kappa shape index (κ1) is 16.3. The number of phenolic OH excluding ortho intramolecular Hbond substituents is 1. The molecule has 0 atom stereocenters. The zero-order valence-corrected chi connectivity index (χ0v) is 14.2. The quantitative estimate of drug-likeness (QED) is 0.705. The number of aryl methyl sites for hydroxylation is 2. The van der Waals surface area contributed by atoms with Gasteiger partial charge in [0.15, 0.2) is 12.4 Å². The molecule has 1 aromatic heterocycles. The van der Waals surface area contributed by atoms with Crippen LogP contribution in [0.1, 0.15) is 40.2 Å². The number of rotatable bonds is 3. The number of nitrogens with two attached hydrogens (primary N) is 1. The topological polar surface area (TPSA) is 98.3 Å². The molecule has 6 heteroatoms. The predicted molar refractivity (Wildman–Crippen MR) is 97.8 cm³/mol. The van der Waals surface area contributed by atoms with Crippen LogP contribution in [0.25, 0.3) is 10.9 Å². The van der Waals surface area contributed by atoms with Gasteiger partial charge in [0.1, 0.15) is 17.1 Å². The molecule has 0 bridgehead atoms. The van der Waals surface area contributed by atoms with E-state index in [9.17, 15) is 9.90 Å². The van der Waals surface area contributed by atoms with E-state index in [1.165, 1.54) is 0 Å². The number of hydrogen-bond acceptors (Lipinski definition) is 6. The smallest absolute Gasteiger partial charge is 0.342 e. The van der Waals surface area contributed by atoms with Gasteiger partial charge >= 0.3 is 5.97 Å². The normalized spacial score (nSPS) is 13.4. The standard InChI is InChI=1S/C20H19N3O3/c21-19-14-7-3-4-8-16(14)22-18(23-19)11-26-20(25)15-9-12-5-1-2-6-13(12)10-17(15)24/h3-4,7-10,24H,1-2,5-6,11H2,(H2,21,22,23). The molecule has 6 nitrogen and oxygen atoms in total. The van der Waals surface area contributed by atoms with Gasteiger partial charge in [-0.05, 0) is 61.1 Å². The molecule has 2 aromatic carbocycles. The van der Waals surface area contributed by atoms with Gasteiger partial charge in [-0.15, -0.1) is 0 Å². The number of nitrogen functional groups attached to an aromatic ring is 1.